The van der Waals surface area contributed by atoms with Crippen molar-refractivity contribution in [3.8, 4) is 0 Å². The van der Waals surface area contributed by atoms with Crippen LogP contribution in [0.5, 0.6) is 0 Å². The van der Waals surface area contributed by atoms with Gasteiger partial charge in [-0.05, 0) is 49.4 Å². The summed E-state index contributed by atoms with van der Waals surface area (Å²) in [4.78, 5) is 3.24. The minimum absolute atomic E-state index is 0.209. The number of rotatable bonds is 6. The molecule has 2 fully saturated rings. The topological polar surface area (TPSA) is 3.24 Å². The molecule has 2 atom stereocenters. The molecule has 0 N–H and O–H groups in total. The number of alkyl halides is 2. The molecule has 1 aromatic carbocycles. The molecule has 3 rings (SSSR count). The summed E-state index contributed by atoms with van der Waals surface area (Å²) in [5, 5.41) is 0. The fraction of sp³-hybridized carbons (Fsp3) is 0.600. The van der Waals surface area contributed by atoms with Crippen molar-refractivity contribution in [2.24, 2.45) is 11.8 Å². The average molecular weight is 301 g/mol. The van der Waals surface area contributed by atoms with Crippen LogP contribution in [0.1, 0.15) is 12.8 Å². The molecular formula is C15H18F3NS. The smallest absolute Gasteiger partial charge is 0.257 e. The molecule has 1 aliphatic carbocycles. The molecule has 1 saturated heterocycles. The van der Waals surface area contributed by atoms with Crippen LogP contribution in [0, 0.1) is 17.7 Å². The molecule has 0 spiro atoms. The van der Waals surface area contributed by atoms with Crippen molar-refractivity contribution in [1.29, 1.82) is 0 Å². The molecule has 20 heavy (non-hydrogen) atoms. The molecule has 1 nitrogen and oxygen atoms in total. The highest BCUT2D eigenvalue weighted by Crippen LogP contribution is 2.59. The third-order valence-electron chi connectivity index (χ3n) is 4.23. The number of nitrogens with zero attached hydrogens (tertiary/aromatic N) is 1. The average Bonchev–Trinajstić information content (AvgIpc) is 2.80. The number of hydrogen-bond donors (Lipinski definition) is 0. The lowest BCUT2D eigenvalue weighted by molar-refractivity contribution is 0.0532. The summed E-state index contributed by atoms with van der Waals surface area (Å²) >= 11 is 1.72. The highest BCUT2D eigenvalue weighted by atomic mass is 32.2. The van der Waals surface area contributed by atoms with Crippen LogP contribution in [0.2, 0.25) is 0 Å². The van der Waals surface area contributed by atoms with E-state index in [1.807, 2.05) is 0 Å². The second-order valence-corrected chi connectivity index (χ2v) is 6.82. The van der Waals surface area contributed by atoms with Gasteiger partial charge in [-0.25, -0.2) is 13.2 Å². The number of thioether (sulfide) groups is 1. The summed E-state index contributed by atoms with van der Waals surface area (Å²) in [5.74, 6) is -2.32. The summed E-state index contributed by atoms with van der Waals surface area (Å²) in [6.45, 7) is 2.07. The second-order valence-electron chi connectivity index (χ2n) is 5.66. The van der Waals surface area contributed by atoms with Crippen molar-refractivity contribution >= 4 is 11.8 Å². The van der Waals surface area contributed by atoms with Gasteiger partial charge in [-0.1, -0.05) is 0 Å². The van der Waals surface area contributed by atoms with E-state index in [0.717, 1.165) is 30.0 Å². The summed E-state index contributed by atoms with van der Waals surface area (Å²) < 4.78 is 38.8. The summed E-state index contributed by atoms with van der Waals surface area (Å²) in [6.07, 6.45) is 2.10. The Labute approximate surface area is 121 Å². The molecule has 0 amide bonds. The molecule has 110 valence electrons. The van der Waals surface area contributed by atoms with Gasteiger partial charge in [-0.3, -0.25) is 0 Å². The maximum absolute atomic E-state index is 13.0. The normalized spacial score (nSPS) is 27.6. The lowest BCUT2D eigenvalue weighted by Crippen LogP contribution is -2.28. The Morgan fingerprint density at radius 1 is 1.10 bits per heavy atom. The molecular weight excluding hydrogens is 283 g/mol. The molecule has 0 aromatic heterocycles. The minimum atomic E-state index is -2.37. The first kappa shape index (κ1) is 14.3. The second kappa shape index (κ2) is 5.60. The number of benzene rings is 1. The fourth-order valence-electron chi connectivity index (χ4n) is 2.93. The van der Waals surface area contributed by atoms with Crippen LogP contribution < -0.4 is 0 Å². The van der Waals surface area contributed by atoms with Gasteiger partial charge in [0.15, 0.2) is 0 Å². The van der Waals surface area contributed by atoms with Crippen LogP contribution in [0.25, 0.3) is 0 Å². The van der Waals surface area contributed by atoms with Gasteiger partial charge in [0.05, 0.1) is 0 Å². The molecule has 0 radical (unpaired) electrons. The monoisotopic (exact) mass is 301 g/mol. The van der Waals surface area contributed by atoms with Gasteiger partial charge in [0, 0.05) is 29.8 Å². The van der Waals surface area contributed by atoms with E-state index >= 15 is 0 Å². The van der Waals surface area contributed by atoms with E-state index in [1.54, 1.807) is 23.9 Å². The van der Waals surface area contributed by atoms with Gasteiger partial charge < -0.3 is 4.90 Å². The van der Waals surface area contributed by atoms with Crippen LogP contribution >= 0.6 is 11.8 Å². The summed E-state index contributed by atoms with van der Waals surface area (Å²) in [6, 6.07) is 6.52. The largest absolute Gasteiger partial charge is 0.302 e. The van der Waals surface area contributed by atoms with Crippen LogP contribution in [0.4, 0.5) is 13.2 Å². The predicted molar refractivity (Wildman–Crippen MR) is 74.7 cm³/mol. The molecule has 1 heterocycles. The zero-order chi connectivity index (χ0) is 14.2. The number of unbranched alkanes of at least 4 members (excludes halogenated alkanes) is 1. The Morgan fingerprint density at radius 2 is 1.75 bits per heavy atom. The van der Waals surface area contributed by atoms with E-state index in [2.05, 4.69) is 4.90 Å². The lowest BCUT2D eigenvalue weighted by atomic mass is 10.3. The first-order chi connectivity index (χ1) is 9.57. The Kier molecular flexibility index (Phi) is 4.00. The van der Waals surface area contributed by atoms with Crippen molar-refractivity contribution in [2.75, 3.05) is 25.4 Å². The first-order valence-corrected chi connectivity index (χ1v) is 8.04. The van der Waals surface area contributed by atoms with Crippen LogP contribution in [0.3, 0.4) is 0 Å². The fourth-order valence-corrected chi connectivity index (χ4v) is 3.84. The minimum Gasteiger partial charge on any atom is -0.302 e. The third kappa shape index (κ3) is 2.98. The number of likely N-dealkylation sites (tertiary alicyclic amines) is 1. The van der Waals surface area contributed by atoms with E-state index in [0.29, 0.717) is 13.1 Å². The summed E-state index contributed by atoms with van der Waals surface area (Å²) in [5.41, 5.74) is 0. The van der Waals surface area contributed by atoms with E-state index in [1.165, 1.54) is 12.1 Å². The molecule has 5 heteroatoms. The first-order valence-electron chi connectivity index (χ1n) is 7.06. The Balaban J connectivity index is 1.27. The maximum atomic E-state index is 13.0. The molecule has 2 unspecified atom stereocenters. The number of piperidine rings is 1. The highest BCUT2D eigenvalue weighted by Gasteiger charge is 2.71. The van der Waals surface area contributed by atoms with Gasteiger partial charge in [-0.2, -0.15) is 0 Å². The Bertz CT molecular complexity index is 449. The Hall–Kier alpha value is -0.680. The number of fused-ring (bicyclic) bond motifs is 1. The van der Waals surface area contributed by atoms with Crippen molar-refractivity contribution in [3.05, 3.63) is 30.1 Å². The van der Waals surface area contributed by atoms with Crippen molar-refractivity contribution in [2.45, 2.75) is 23.7 Å². The van der Waals surface area contributed by atoms with Crippen LogP contribution in [-0.4, -0.2) is 36.2 Å². The van der Waals surface area contributed by atoms with Gasteiger partial charge in [0.1, 0.15) is 5.82 Å². The summed E-state index contributed by atoms with van der Waals surface area (Å²) in [7, 11) is 0. The molecule has 1 saturated carbocycles. The molecule has 2 aliphatic rings. The van der Waals surface area contributed by atoms with Gasteiger partial charge in [-0.15, -0.1) is 11.8 Å². The zero-order valence-corrected chi connectivity index (χ0v) is 12.0. The van der Waals surface area contributed by atoms with Gasteiger partial charge in [0.2, 0.25) is 0 Å². The Morgan fingerprint density at radius 3 is 2.40 bits per heavy atom. The van der Waals surface area contributed by atoms with E-state index in [4.69, 9.17) is 0 Å². The van der Waals surface area contributed by atoms with E-state index < -0.39 is 5.92 Å². The lowest BCUT2D eigenvalue weighted by Gasteiger charge is -2.18. The highest BCUT2D eigenvalue weighted by molar-refractivity contribution is 7.99. The van der Waals surface area contributed by atoms with E-state index in [-0.39, 0.29) is 17.7 Å². The SMILES string of the molecule is Fc1ccc(SCCCCN2CC3C(C2)C3(F)F)cc1. The van der Waals surface area contributed by atoms with Gasteiger partial charge in [0.25, 0.3) is 5.92 Å². The molecule has 0 bridgehead atoms. The van der Waals surface area contributed by atoms with Gasteiger partial charge >= 0.3 is 0 Å². The van der Waals surface area contributed by atoms with Crippen LogP contribution in [-0.2, 0) is 0 Å². The van der Waals surface area contributed by atoms with Crippen LogP contribution in [0.15, 0.2) is 29.2 Å². The standard InChI is InChI=1S/C15H18F3NS/c16-11-3-5-12(6-4-11)20-8-2-1-7-19-9-13-14(10-19)15(13,17)18/h3-6,13-14H,1-2,7-10H2. The molecule has 1 aliphatic heterocycles. The quantitative estimate of drug-likeness (QED) is 0.579. The van der Waals surface area contributed by atoms with Crippen molar-refractivity contribution in [3.63, 3.8) is 0 Å². The molecule has 1 aromatic rings. The third-order valence-corrected chi connectivity index (χ3v) is 5.32. The van der Waals surface area contributed by atoms with Crippen molar-refractivity contribution < 1.29 is 13.2 Å². The number of hydrogen-bond acceptors (Lipinski definition) is 2. The number of halogens is 3. The maximum Gasteiger partial charge on any atom is 0.257 e. The van der Waals surface area contributed by atoms with E-state index in [9.17, 15) is 13.2 Å². The predicted octanol–water partition coefficient (Wildman–Crippen LogP) is 3.89. The zero-order valence-electron chi connectivity index (χ0n) is 11.2. The van der Waals surface area contributed by atoms with Crippen molar-refractivity contribution in [1.82, 2.24) is 4.90 Å².